The first-order valence-corrected chi connectivity index (χ1v) is 9.84. The van der Waals surface area contributed by atoms with Crippen molar-refractivity contribution >= 4 is 44.7 Å². The molecule has 144 valence electrons. The fourth-order valence-electron chi connectivity index (χ4n) is 3.57. The van der Waals surface area contributed by atoms with E-state index in [0.717, 1.165) is 10.4 Å². The summed E-state index contributed by atoms with van der Waals surface area (Å²) in [7, 11) is 0. The summed E-state index contributed by atoms with van der Waals surface area (Å²) in [4.78, 5) is 45.9. The van der Waals surface area contributed by atoms with E-state index in [2.05, 4.69) is 10.3 Å². The summed E-state index contributed by atoms with van der Waals surface area (Å²) >= 11 is 1.48. The molecule has 1 aliphatic heterocycles. The number of carbonyl (C=O) groups excluding carboxylic acids is 2. The van der Waals surface area contributed by atoms with Crippen molar-refractivity contribution in [1.82, 2.24) is 9.55 Å². The smallest absolute Gasteiger partial charge is 0.262 e. The van der Waals surface area contributed by atoms with E-state index in [1.165, 1.54) is 22.2 Å². The lowest BCUT2D eigenvalue weighted by Gasteiger charge is -2.28. The molecule has 0 saturated heterocycles. The molecule has 8 heteroatoms. The van der Waals surface area contributed by atoms with Gasteiger partial charge in [-0.25, -0.2) is 4.98 Å². The average molecular weight is 396 g/mol. The number of nitrogens with zero attached hydrogens (tertiary/aromatic N) is 3. The molecule has 7 nitrogen and oxygen atoms in total. The number of hydrogen-bond acceptors (Lipinski definition) is 5. The van der Waals surface area contributed by atoms with E-state index < -0.39 is 0 Å². The predicted molar refractivity (Wildman–Crippen MR) is 110 cm³/mol. The van der Waals surface area contributed by atoms with Crippen LogP contribution >= 0.6 is 11.3 Å². The molecule has 0 aliphatic carbocycles. The minimum atomic E-state index is -0.325. The quantitative estimate of drug-likeness (QED) is 0.722. The van der Waals surface area contributed by atoms with Crippen molar-refractivity contribution in [3.8, 4) is 0 Å². The molecule has 1 aromatic carbocycles. The third-order valence-corrected chi connectivity index (χ3v) is 6.20. The van der Waals surface area contributed by atoms with E-state index in [1.54, 1.807) is 17.0 Å². The molecule has 2 amide bonds. The molecule has 1 N–H and O–H groups in total. The molecule has 2 aromatic heterocycles. The highest BCUT2D eigenvalue weighted by Gasteiger charge is 2.30. The first-order chi connectivity index (χ1) is 13.4. The van der Waals surface area contributed by atoms with Crippen LogP contribution < -0.4 is 15.8 Å². The molecular weight excluding hydrogens is 376 g/mol. The van der Waals surface area contributed by atoms with Gasteiger partial charge in [0.15, 0.2) is 0 Å². The molecular formula is C20H20N4O3S. The first-order valence-electron chi connectivity index (χ1n) is 9.03. The van der Waals surface area contributed by atoms with E-state index in [-0.39, 0.29) is 36.4 Å². The second-order valence-corrected chi connectivity index (χ2v) is 8.23. The summed E-state index contributed by atoms with van der Waals surface area (Å²) in [5, 5.41) is 3.40. The number of anilines is 2. The van der Waals surface area contributed by atoms with Gasteiger partial charge < -0.3 is 10.2 Å². The highest BCUT2D eigenvalue weighted by Crippen LogP contribution is 2.31. The van der Waals surface area contributed by atoms with Gasteiger partial charge in [-0.15, -0.1) is 11.3 Å². The third kappa shape index (κ3) is 2.99. The van der Waals surface area contributed by atoms with E-state index in [0.29, 0.717) is 21.6 Å². The number of aryl methyl sites for hydroxylation is 2. The zero-order valence-corrected chi connectivity index (χ0v) is 16.7. The Balaban J connectivity index is 1.73. The summed E-state index contributed by atoms with van der Waals surface area (Å²) in [6.07, 6.45) is 1.62. The van der Waals surface area contributed by atoms with Crippen molar-refractivity contribution < 1.29 is 9.59 Å². The minimum absolute atomic E-state index is 0.136. The fraction of sp³-hybridized carbons (Fsp3) is 0.300. The third-order valence-electron chi connectivity index (χ3n) is 5.09. The summed E-state index contributed by atoms with van der Waals surface area (Å²) in [6, 6.07) is 6.87. The molecule has 1 atom stereocenters. The topological polar surface area (TPSA) is 84.3 Å². The maximum Gasteiger partial charge on any atom is 0.262 e. The van der Waals surface area contributed by atoms with Crippen LogP contribution in [0.1, 0.15) is 23.8 Å². The summed E-state index contributed by atoms with van der Waals surface area (Å²) < 4.78 is 1.35. The van der Waals surface area contributed by atoms with Crippen molar-refractivity contribution in [2.24, 2.45) is 0 Å². The van der Waals surface area contributed by atoms with Crippen LogP contribution in [-0.2, 0) is 16.1 Å². The van der Waals surface area contributed by atoms with Crippen LogP contribution in [0.2, 0.25) is 0 Å². The highest BCUT2D eigenvalue weighted by molar-refractivity contribution is 7.18. The number of carbonyl (C=O) groups is 2. The van der Waals surface area contributed by atoms with Crippen LogP contribution in [0.5, 0.6) is 0 Å². The van der Waals surface area contributed by atoms with Crippen LogP contribution in [0.15, 0.2) is 35.4 Å². The maximum atomic E-state index is 13.2. The molecule has 0 spiro atoms. The molecule has 1 aliphatic rings. The number of aromatic nitrogens is 2. The second-order valence-electron chi connectivity index (χ2n) is 7.02. The Kier molecular flexibility index (Phi) is 4.50. The lowest BCUT2D eigenvalue weighted by Crippen LogP contribution is -2.42. The second kappa shape index (κ2) is 6.87. The normalized spacial score (nSPS) is 16.6. The number of amides is 2. The fourth-order valence-corrected chi connectivity index (χ4v) is 4.56. The Morgan fingerprint density at radius 2 is 2.04 bits per heavy atom. The zero-order valence-electron chi connectivity index (χ0n) is 15.9. The Labute approximate surface area is 165 Å². The number of benzene rings is 1. The first kappa shape index (κ1) is 18.4. The molecule has 0 radical (unpaired) electrons. The van der Waals surface area contributed by atoms with Gasteiger partial charge in [0.2, 0.25) is 11.8 Å². The average Bonchev–Trinajstić information content (AvgIpc) is 2.86. The standard InChI is InChI=1S/C20H20N4O3S/c1-11-8-16(25)22-14-6-4-5-7-15(14)24(11)17(26)9-23-10-21-19-18(20(23)27)12(2)13(3)28-19/h4-7,10-11H,8-9H2,1-3H3,(H,22,25)/t11-/m1/s1. The van der Waals surface area contributed by atoms with Gasteiger partial charge in [-0.05, 0) is 38.5 Å². The maximum absolute atomic E-state index is 13.2. The van der Waals surface area contributed by atoms with Crippen molar-refractivity contribution in [3.05, 3.63) is 51.4 Å². The number of para-hydroxylation sites is 2. The van der Waals surface area contributed by atoms with E-state index in [1.807, 2.05) is 32.9 Å². The van der Waals surface area contributed by atoms with Crippen LogP contribution in [0.3, 0.4) is 0 Å². The number of nitrogens with one attached hydrogen (secondary N) is 1. The van der Waals surface area contributed by atoms with Crippen LogP contribution in [0.4, 0.5) is 11.4 Å². The minimum Gasteiger partial charge on any atom is -0.324 e. The molecule has 0 fully saturated rings. The summed E-state index contributed by atoms with van der Waals surface area (Å²) in [5.74, 6) is -0.399. The van der Waals surface area contributed by atoms with Crippen LogP contribution in [0, 0.1) is 13.8 Å². The Hall–Kier alpha value is -3.00. The van der Waals surface area contributed by atoms with Gasteiger partial charge in [-0.1, -0.05) is 12.1 Å². The summed E-state index contributed by atoms with van der Waals surface area (Å²) in [6.45, 7) is 5.55. The lowest BCUT2D eigenvalue weighted by molar-refractivity contribution is -0.120. The monoisotopic (exact) mass is 396 g/mol. The van der Waals surface area contributed by atoms with E-state index in [4.69, 9.17) is 0 Å². The lowest BCUT2D eigenvalue weighted by atomic mass is 10.1. The SMILES string of the molecule is Cc1sc2ncn(CC(=O)N3c4ccccc4NC(=O)C[C@H]3C)c(=O)c2c1C. The molecule has 4 rings (SSSR count). The Morgan fingerprint density at radius 3 is 2.82 bits per heavy atom. The molecule has 0 unspecified atom stereocenters. The van der Waals surface area contributed by atoms with Crippen molar-refractivity contribution in [2.75, 3.05) is 10.2 Å². The van der Waals surface area contributed by atoms with Crippen LogP contribution in [0.25, 0.3) is 10.2 Å². The number of hydrogen-bond donors (Lipinski definition) is 1. The predicted octanol–water partition coefficient (Wildman–Crippen LogP) is 2.84. The Bertz CT molecular complexity index is 1160. The van der Waals surface area contributed by atoms with Gasteiger partial charge in [0.1, 0.15) is 11.4 Å². The van der Waals surface area contributed by atoms with Crippen LogP contribution in [-0.4, -0.2) is 27.4 Å². The Morgan fingerprint density at radius 1 is 1.29 bits per heavy atom. The van der Waals surface area contributed by atoms with Crippen molar-refractivity contribution in [1.29, 1.82) is 0 Å². The molecule has 28 heavy (non-hydrogen) atoms. The number of fused-ring (bicyclic) bond motifs is 2. The largest absolute Gasteiger partial charge is 0.324 e. The molecule has 3 heterocycles. The molecule has 3 aromatic rings. The van der Waals surface area contributed by atoms with E-state index in [9.17, 15) is 14.4 Å². The van der Waals surface area contributed by atoms with Gasteiger partial charge in [-0.2, -0.15) is 0 Å². The van der Waals surface area contributed by atoms with Gasteiger partial charge in [0.25, 0.3) is 5.56 Å². The summed E-state index contributed by atoms with van der Waals surface area (Å²) in [5.41, 5.74) is 1.92. The van der Waals surface area contributed by atoms with Gasteiger partial charge in [0.05, 0.1) is 23.1 Å². The molecule has 0 bridgehead atoms. The number of rotatable bonds is 2. The zero-order chi connectivity index (χ0) is 20.0. The van der Waals surface area contributed by atoms with Crippen molar-refractivity contribution in [3.63, 3.8) is 0 Å². The van der Waals surface area contributed by atoms with Gasteiger partial charge in [0, 0.05) is 17.3 Å². The molecule has 0 saturated carbocycles. The van der Waals surface area contributed by atoms with Gasteiger partial charge >= 0.3 is 0 Å². The van der Waals surface area contributed by atoms with Crippen molar-refractivity contribution in [2.45, 2.75) is 39.8 Å². The van der Waals surface area contributed by atoms with E-state index >= 15 is 0 Å². The number of thiophene rings is 1. The highest BCUT2D eigenvalue weighted by atomic mass is 32.1. The van der Waals surface area contributed by atoms with Gasteiger partial charge in [-0.3, -0.25) is 19.0 Å².